The van der Waals surface area contributed by atoms with Crippen LogP contribution in [0.25, 0.3) is 5.76 Å². The number of carbonyl (C=O) groups is 3. The number of amides is 1. The van der Waals surface area contributed by atoms with Crippen molar-refractivity contribution in [1.82, 2.24) is 4.90 Å². The highest BCUT2D eigenvalue weighted by molar-refractivity contribution is 6.24. The fourth-order valence-corrected chi connectivity index (χ4v) is 5.82. The molecule has 4 atom stereocenters. The molecule has 0 aromatic heterocycles. The molecule has 198 valence electrons. The minimum atomic E-state index is -2.67. The monoisotopic (exact) mass is 513 g/mol. The molecule has 4 rings (SSSR count). The van der Waals surface area contributed by atoms with E-state index in [2.05, 4.69) is 5.16 Å². The number of likely N-dealkylation sites (N-methyl/N-ethyl adjacent to an activating group) is 1. The Kier molecular flexibility index (Phi) is 6.41. The number of nitrogens with two attached hydrogens (primary N) is 1. The molecule has 0 spiro atoms. The number of rotatable bonds is 5. The zero-order valence-electron chi connectivity index (χ0n) is 21.3. The van der Waals surface area contributed by atoms with E-state index in [0.29, 0.717) is 16.8 Å². The quantitative estimate of drug-likeness (QED) is 0.219. The summed E-state index contributed by atoms with van der Waals surface area (Å²) in [7, 11) is 3.11. The van der Waals surface area contributed by atoms with Gasteiger partial charge in [-0.25, -0.2) is 0 Å². The van der Waals surface area contributed by atoms with Gasteiger partial charge in [0.25, 0.3) is 5.91 Å². The molecule has 1 amide bonds. The van der Waals surface area contributed by atoms with Crippen LogP contribution in [0, 0.1) is 11.8 Å². The predicted molar refractivity (Wildman–Crippen MR) is 133 cm³/mol. The summed E-state index contributed by atoms with van der Waals surface area (Å²) >= 11 is 0. The van der Waals surface area contributed by atoms with Gasteiger partial charge in [-0.1, -0.05) is 5.16 Å². The van der Waals surface area contributed by atoms with Crippen LogP contribution in [0.1, 0.15) is 43.9 Å². The zero-order chi connectivity index (χ0) is 27.6. The Morgan fingerprint density at radius 1 is 1.22 bits per heavy atom. The number of carbonyl (C=O) groups excluding carboxylic acids is 3. The van der Waals surface area contributed by atoms with Gasteiger partial charge in [-0.05, 0) is 71.3 Å². The number of ketones is 2. The zero-order valence-corrected chi connectivity index (χ0v) is 21.3. The maximum Gasteiger partial charge on any atom is 0.255 e. The van der Waals surface area contributed by atoms with E-state index in [1.807, 2.05) is 13.8 Å². The summed E-state index contributed by atoms with van der Waals surface area (Å²) in [5, 5.41) is 48.5. The second-order valence-corrected chi connectivity index (χ2v) is 10.3. The van der Waals surface area contributed by atoms with Gasteiger partial charge in [-0.15, -0.1) is 0 Å². The Bertz CT molecular complexity index is 1310. The van der Waals surface area contributed by atoms with E-state index in [9.17, 15) is 34.8 Å². The first-order chi connectivity index (χ1) is 17.2. The Labute approximate surface area is 213 Å². The number of phenolic OH excluding ortho intramolecular Hbond substituents is 1. The van der Waals surface area contributed by atoms with Gasteiger partial charge in [-0.2, -0.15) is 0 Å². The lowest BCUT2D eigenvalue weighted by Gasteiger charge is -2.50. The highest BCUT2D eigenvalue weighted by Gasteiger charge is 2.64. The van der Waals surface area contributed by atoms with Crippen LogP contribution in [-0.2, 0) is 25.6 Å². The molecule has 1 saturated carbocycles. The predicted octanol–water partition coefficient (Wildman–Crippen LogP) is 1.11. The summed E-state index contributed by atoms with van der Waals surface area (Å²) in [5.41, 5.74) is 3.24. The summed E-state index contributed by atoms with van der Waals surface area (Å²) in [5.74, 6) is -6.87. The summed E-state index contributed by atoms with van der Waals surface area (Å²) in [6.07, 6.45) is 0.0149. The van der Waals surface area contributed by atoms with Crippen molar-refractivity contribution in [2.75, 3.05) is 14.1 Å². The minimum Gasteiger partial charge on any atom is -0.508 e. The third-order valence-corrected chi connectivity index (χ3v) is 7.39. The van der Waals surface area contributed by atoms with Crippen LogP contribution in [0.5, 0.6) is 5.75 Å². The third kappa shape index (κ3) is 3.80. The molecule has 1 aromatic rings. The van der Waals surface area contributed by atoms with Crippen LogP contribution in [0.15, 0.2) is 34.2 Å². The van der Waals surface area contributed by atoms with Gasteiger partial charge in [0.05, 0.1) is 17.3 Å². The van der Waals surface area contributed by atoms with Gasteiger partial charge >= 0.3 is 0 Å². The SMILES string of the molecule is C/C(=N\OC(C)C)c1ccc(O)c2c1C[C@H]1C[C@H]3[C@H](N(C)C)C(=O)C(C(N)=O)=C(O)[C@@]3(O)C(=O)C1=C2O. The first-order valence-electron chi connectivity index (χ1n) is 11.9. The molecule has 3 aliphatic carbocycles. The lowest BCUT2D eigenvalue weighted by Crippen LogP contribution is -2.65. The van der Waals surface area contributed by atoms with Crippen molar-refractivity contribution in [3.05, 3.63) is 45.7 Å². The molecule has 0 saturated heterocycles. The van der Waals surface area contributed by atoms with Gasteiger partial charge in [0, 0.05) is 17.1 Å². The summed E-state index contributed by atoms with van der Waals surface area (Å²) in [6.45, 7) is 5.35. The number of aliphatic hydroxyl groups excluding tert-OH is 2. The molecule has 6 N–H and O–H groups in total. The average molecular weight is 514 g/mol. The number of aliphatic hydroxyl groups is 3. The van der Waals surface area contributed by atoms with Crippen LogP contribution in [0.2, 0.25) is 0 Å². The molecule has 0 heterocycles. The lowest BCUT2D eigenvalue weighted by atomic mass is 9.57. The molecule has 37 heavy (non-hydrogen) atoms. The number of phenols is 1. The van der Waals surface area contributed by atoms with Crippen molar-refractivity contribution >= 4 is 28.9 Å². The molecule has 0 radical (unpaired) electrons. The van der Waals surface area contributed by atoms with E-state index in [0.717, 1.165) is 0 Å². The summed E-state index contributed by atoms with van der Waals surface area (Å²) in [6, 6.07) is 1.86. The number of aromatic hydroxyl groups is 1. The minimum absolute atomic E-state index is 0.00730. The first-order valence-corrected chi connectivity index (χ1v) is 11.9. The standard InChI is InChI=1S/C26H31N3O8/c1-10(2)37-28-11(3)13-6-7-16(30)18-14(13)8-12-9-15-20(29(4)5)22(32)19(25(27)35)24(34)26(15,36)23(33)17(12)21(18)31/h6-7,10,12,15,20,30-31,34,36H,8-9H2,1-5H3,(H2,27,35)/b28-11+/t12-,15-,20-,26-/m0/s1. The molecule has 1 aromatic carbocycles. The highest BCUT2D eigenvalue weighted by atomic mass is 16.6. The molecule has 0 unspecified atom stereocenters. The molecule has 0 bridgehead atoms. The van der Waals surface area contributed by atoms with Gasteiger partial charge in [0.1, 0.15) is 28.9 Å². The highest BCUT2D eigenvalue weighted by Crippen LogP contribution is 2.52. The largest absolute Gasteiger partial charge is 0.508 e. The first kappa shape index (κ1) is 26.4. The number of primary amides is 1. The van der Waals surface area contributed by atoms with Crippen molar-refractivity contribution in [3.8, 4) is 5.75 Å². The topological polar surface area (TPSA) is 183 Å². The van der Waals surface area contributed by atoms with Gasteiger partial charge in [-0.3, -0.25) is 19.3 Å². The van der Waals surface area contributed by atoms with Crippen molar-refractivity contribution in [2.24, 2.45) is 22.7 Å². The normalized spacial score (nSPS) is 27.9. The second-order valence-electron chi connectivity index (χ2n) is 10.3. The van der Waals surface area contributed by atoms with Crippen LogP contribution in [0.3, 0.4) is 0 Å². The van der Waals surface area contributed by atoms with Crippen LogP contribution in [-0.4, -0.2) is 80.4 Å². The average Bonchev–Trinajstić information content (AvgIpc) is 2.79. The van der Waals surface area contributed by atoms with Crippen molar-refractivity contribution < 1.29 is 39.6 Å². The fourth-order valence-electron chi connectivity index (χ4n) is 5.82. The van der Waals surface area contributed by atoms with Gasteiger partial charge in [0.2, 0.25) is 5.78 Å². The van der Waals surface area contributed by atoms with Crippen molar-refractivity contribution in [3.63, 3.8) is 0 Å². The number of hydrogen-bond donors (Lipinski definition) is 5. The Morgan fingerprint density at radius 3 is 2.43 bits per heavy atom. The maximum atomic E-state index is 13.8. The number of nitrogens with zero attached hydrogens (tertiary/aromatic N) is 2. The second kappa shape index (κ2) is 9.00. The Balaban J connectivity index is 1.94. The third-order valence-electron chi connectivity index (χ3n) is 7.39. The van der Waals surface area contributed by atoms with E-state index < -0.39 is 58.0 Å². The van der Waals surface area contributed by atoms with Crippen molar-refractivity contribution in [2.45, 2.75) is 51.4 Å². The summed E-state index contributed by atoms with van der Waals surface area (Å²) in [4.78, 5) is 45.8. The molecule has 11 nitrogen and oxygen atoms in total. The van der Waals surface area contributed by atoms with E-state index in [-0.39, 0.29) is 35.8 Å². The molecular formula is C26H31N3O8. The van der Waals surface area contributed by atoms with E-state index in [1.165, 1.54) is 11.0 Å². The number of Topliss-reactive ketones (excluding diaryl/α,β-unsaturated/α-hetero) is 2. The molecule has 11 heteroatoms. The molecule has 1 fully saturated rings. The van der Waals surface area contributed by atoms with Crippen LogP contribution < -0.4 is 5.73 Å². The molecular weight excluding hydrogens is 482 g/mol. The number of oxime groups is 1. The van der Waals surface area contributed by atoms with E-state index >= 15 is 0 Å². The van der Waals surface area contributed by atoms with Gasteiger partial charge in [0.15, 0.2) is 11.4 Å². The molecule has 0 aliphatic heterocycles. The number of fused-ring (bicyclic) bond motifs is 3. The molecule has 3 aliphatic rings. The number of benzene rings is 1. The number of hydrogen-bond acceptors (Lipinski definition) is 10. The Hall–Kier alpha value is -3.70. The smallest absolute Gasteiger partial charge is 0.255 e. The maximum absolute atomic E-state index is 13.8. The van der Waals surface area contributed by atoms with Gasteiger partial charge < -0.3 is 31.0 Å². The van der Waals surface area contributed by atoms with Crippen molar-refractivity contribution in [1.29, 1.82) is 0 Å². The van der Waals surface area contributed by atoms with E-state index in [4.69, 9.17) is 10.6 Å². The van der Waals surface area contributed by atoms with Crippen LogP contribution >= 0.6 is 0 Å². The lowest BCUT2D eigenvalue weighted by molar-refractivity contribution is -0.153. The van der Waals surface area contributed by atoms with Crippen LogP contribution in [0.4, 0.5) is 0 Å². The summed E-state index contributed by atoms with van der Waals surface area (Å²) < 4.78 is 0. The Morgan fingerprint density at radius 2 is 1.86 bits per heavy atom. The fraction of sp³-hybridized carbons (Fsp3) is 0.462. The van der Waals surface area contributed by atoms with E-state index in [1.54, 1.807) is 27.1 Å².